The minimum atomic E-state index is -0.213. The molecule has 5 heteroatoms. The number of aryl methyl sites for hydroxylation is 1. The topological polar surface area (TPSA) is 76.6 Å². The smallest absolute Gasteiger partial charge is 0.279 e. The van der Waals surface area contributed by atoms with E-state index in [9.17, 15) is 9.59 Å². The molecule has 0 radical (unpaired) electrons. The van der Waals surface area contributed by atoms with Crippen LogP contribution in [0.3, 0.4) is 0 Å². The van der Waals surface area contributed by atoms with Crippen LogP contribution in [0.25, 0.3) is 0 Å². The van der Waals surface area contributed by atoms with Gasteiger partial charge in [-0.15, -0.1) is 0 Å². The summed E-state index contributed by atoms with van der Waals surface area (Å²) in [4.78, 5) is 24.8. The lowest BCUT2D eigenvalue weighted by Crippen LogP contribution is -3.14. The van der Waals surface area contributed by atoms with Crippen molar-refractivity contribution in [1.82, 2.24) is 0 Å². The summed E-state index contributed by atoms with van der Waals surface area (Å²) >= 11 is 0. The number of hydrogen-bond donors (Lipinski definition) is 3. The molecule has 0 spiro atoms. The number of carbonyl (C=O) groups is 2. The predicted molar refractivity (Wildman–Crippen MR) is 91.4 cm³/mol. The molecular formula is C18H28N3O2+. The SMILES string of the molecule is Cc1cccc(C(C)C)c1NC(=O)C[NH+]1CCC(C(N)=O)CC1. The number of anilines is 1. The van der Waals surface area contributed by atoms with Crippen molar-refractivity contribution < 1.29 is 14.5 Å². The molecule has 4 N–H and O–H groups in total. The number of primary amides is 1. The lowest BCUT2D eigenvalue weighted by molar-refractivity contribution is -0.897. The highest BCUT2D eigenvalue weighted by Gasteiger charge is 2.27. The van der Waals surface area contributed by atoms with E-state index >= 15 is 0 Å². The van der Waals surface area contributed by atoms with Crippen molar-refractivity contribution in [3.05, 3.63) is 29.3 Å². The zero-order valence-corrected chi connectivity index (χ0v) is 14.3. The van der Waals surface area contributed by atoms with Gasteiger partial charge in [-0.05, 0) is 24.0 Å². The van der Waals surface area contributed by atoms with E-state index in [2.05, 4.69) is 25.2 Å². The van der Waals surface area contributed by atoms with Crippen LogP contribution in [0.1, 0.15) is 43.7 Å². The van der Waals surface area contributed by atoms with E-state index in [1.807, 2.05) is 19.1 Å². The van der Waals surface area contributed by atoms with Gasteiger partial charge in [0, 0.05) is 24.4 Å². The Kier molecular flexibility index (Phi) is 5.77. The number of piperidine rings is 1. The number of para-hydroxylation sites is 1. The highest BCUT2D eigenvalue weighted by molar-refractivity contribution is 5.93. The van der Waals surface area contributed by atoms with Crippen molar-refractivity contribution in [3.8, 4) is 0 Å². The number of carbonyl (C=O) groups excluding carboxylic acids is 2. The van der Waals surface area contributed by atoms with E-state index in [4.69, 9.17) is 5.73 Å². The molecule has 2 amide bonds. The zero-order chi connectivity index (χ0) is 17.0. The number of amides is 2. The number of nitrogens with two attached hydrogens (primary N) is 1. The third-order valence-electron chi connectivity index (χ3n) is 4.70. The molecule has 2 rings (SSSR count). The van der Waals surface area contributed by atoms with Crippen LogP contribution in [-0.2, 0) is 9.59 Å². The Labute approximate surface area is 138 Å². The van der Waals surface area contributed by atoms with Gasteiger partial charge in [-0.1, -0.05) is 32.0 Å². The standard InChI is InChI=1S/C18H27N3O2/c1-12(2)15-6-4-5-13(3)17(15)20-16(22)11-21-9-7-14(8-10-21)18(19)23/h4-6,12,14H,7-11H2,1-3H3,(H2,19,23)(H,20,22)/p+1. The van der Waals surface area contributed by atoms with Crippen LogP contribution >= 0.6 is 0 Å². The average Bonchev–Trinajstić information content (AvgIpc) is 2.49. The fourth-order valence-corrected chi connectivity index (χ4v) is 3.24. The molecule has 1 aromatic rings. The maximum Gasteiger partial charge on any atom is 0.279 e. The number of benzene rings is 1. The van der Waals surface area contributed by atoms with E-state index < -0.39 is 0 Å². The second-order valence-electron chi connectivity index (χ2n) is 6.85. The summed E-state index contributed by atoms with van der Waals surface area (Å²) < 4.78 is 0. The maximum atomic E-state index is 12.4. The Balaban J connectivity index is 1.95. The Morgan fingerprint density at radius 2 is 1.96 bits per heavy atom. The van der Waals surface area contributed by atoms with E-state index in [1.54, 1.807) is 0 Å². The van der Waals surface area contributed by atoms with Crippen LogP contribution in [-0.4, -0.2) is 31.4 Å². The van der Waals surface area contributed by atoms with E-state index in [-0.39, 0.29) is 17.7 Å². The van der Waals surface area contributed by atoms with Crippen molar-refractivity contribution in [2.75, 3.05) is 25.0 Å². The van der Waals surface area contributed by atoms with Gasteiger partial charge < -0.3 is 16.0 Å². The fourth-order valence-electron chi connectivity index (χ4n) is 3.24. The molecule has 1 heterocycles. The van der Waals surface area contributed by atoms with Crippen molar-refractivity contribution in [2.45, 2.75) is 39.5 Å². The van der Waals surface area contributed by atoms with Gasteiger partial charge >= 0.3 is 0 Å². The lowest BCUT2D eigenvalue weighted by atomic mass is 9.96. The van der Waals surface area contributed by atoms with Gasteiger partial charge in [0.1, 0.15) is 0 Å². The summed E-state index contributed by atoms with van der Waals surface area (Å²) in [5.74, 6) is 0.165. The number of nitrogens with one attached hydrogen (secondary N) is 2. The van der Waals surface area contributed by atoms with Gasteiger partial charge in [0.25, 0.3) is 5.91 Å². The summed E-state index contributed by atoms with van der Waals surface area (Å²) in [5, 5.41) is 3.09. The minimum absolute atomic E-state index is 0.0225. The fraction of sp³-hybridized carbons (Fsp3) is 0.556. The highest BCUT2D eigenvalue weighted by Crippen LogP contribution is 2.27. The highest BCUT2D eigenvalue weighted by atomic mass is 16.2. The number of likely N-dealkylation sites (tertiary alicyclic amines) is 1. The largest absolute Gasteiger partial charge is 0.369 e. The summed E-state index contributed by atoms with van der Waals surface area (Å²) in [5.41, 5.74) is 8.55. The Morgan fingerprint density at radius 1 is 1.30 bits per heavy atom. The molecule has 126 valence electrons. The molecule has 0 bridgehead atoms. The van der Waals surface area contributed by atoms with Gasteiger partial charge in [0.05, 0.1) is 13.1 Å². The molecule has 1 aromatic carbocycles. The molecule has 0 aliphatic carbocycles. The quantitative estimate of drug-likeness (QED) is 0.752. The third-order valence-corrected chi connectivity index (χ3v) is 4.70. The Bertz CT molecular complexity index is 576. The molecule has 23 heavy (non-hydrogen) atoms. The van der Waals surface area contributed by atoms with Gasteiger partial charge in [0.15, 0.2) is 6.54 Å². The van der Waals surface area contributed by atoms with Gasteiger partial charge in [-0.3, -0.25) is 9.59 Å². The first-order valence-corrected chi connectivity index (χ1v) is 8.40. The molecule has 1 aliphatic heterocycles. The monoisotopic (exact) mass is 318 g/mol. The first-order chi connectivity index (χ1) is 10.9. The van der Waals surface area contributed by atoms with Crippen molar-refractivity contribution in [1.29, 1.82) is 0 Å². The van der Waals surface area contributed by atoms with Crippen LogP contribution in [0.5, 0.6) is 0 Å². The molecular weight excluding hydrogens is 290 g/mol. The Morgan fingerprint density at radius 3 is 2.52 bits per heavy atom. The van der Waals surface area contributed by atoms with Crippen molar-refractivity contribution in [2.24, 2.45) is 11.7 Å². The molecule has 5 nitrogen and oxygen atoms in total. The van der Waals surface area contributed by atoms with Crippen LogP contribution < -0.4 is 16.0 Å². The van der Waals surface area contributed by atoms with Crippen molar-refractivity contribution in [3.63, 3.8) is 0 Å². The number of rotatable bonds is 5. The second-order valence-corrected chi connectivity index (χ2v) is 6.85. The molecule has 1 fully saturated rings. The average molecular weight is 318 g/mol. The van der Waals surface area contributed by atoms with Crippen LogP contribution in [0.2, 0.25) is 0 Å². The first kappa shape index (κ1) is 17.5. The van der Waals surface area contributed by atoms with Crippen molar-refractivity contribution >= 4 is 17.5 Å². The zero-order valence-electron chi connectivity index (χ0n) is 14.3. The number of hydrogen-bond acceptors (Lipinski definition) is 2. The normalized spacial score (nSPS) is 21.2. The van der Waals surface area contributed by atoms with Crippen LogP contribution in [0, 0.1) is 12.8 Å². The maximum absolute atomic E-state index is 12.4. The summed E-state index contributed by atoms with van der Waals surface area (Å²) in [7, 11) is 0. The molecule has 0 aromatic heterocycles. The lowest BCUT2D eigenvalue weighted by Gasteiger charge is -2.27. The molecule has 0 saturated carbocycles. The second kappa shape index (κ2) is 7.59. The van der Waals surface area contributed by atoms with E-state index in [0.717, 1.165) is 37.2 Å². The third kappa shape index (κ3) is 4.55. The van der Waals surface area contributed by atoms with E-state index in [1.165, 1.54) is 10.5 Å². The summed E-state index contributed by atoms with van der Waals surface area (Å²) in [6.45, 7) is 8.37. The predicted octanol–water partition coefficient (Wildman–Crippen LogP) is 0.837. The minimum Gasteiger partial charge on any atom is -0.369 e. The first-order valence-electron chi connectivity index (χ1n) is 8.40. The molecule has 0 unspecified atom stereocenters. The summed E-state index contributed by atoms with van der Waals surface area (Å²) in [6.07, 6.45) is 1.55. The van der Waals surface area contributed by atoms with Gasteiger partial charge in [0.2, 0.25) is 5.91 Å². The molecule has 1 aliphatic rings. The van der Waals surface area contributed by atoms with Gasteiger partial charge in [-0.2, -0.15) is 0 Å². The van der Waals surface area contributed by atoms with Crippen LogP contribution in [0.4, 0.5) is 5.69 Å². The van der Waals surface area contributed by atoms with Gasteiger partial charge in [-0.25, -0.2) is 0 Å². The van der Waals surface area contributed by atoms with E-state index in [0.29, 0.717) is 12.5 Å². The summed E-state index contributed by atoms with van der Waals surface area (Å²) in [6, 6.07) is 6.12. The van der Waals surface area contributed by atoms with Crippen LogP contribution in [0.15, 0.2) is 18.2 Å². The number of quaternary nitrogens is 1. The Hall–Kier alpha value is -1.88. The molecule has 0 atom stereocenters. The molecule has 1 saturated heterocycles.